The molecule has 0 bridgehead atoms. The Bertz CT molecular complexity index is 370. The molecule has 1 aliphatic carbocycles. The van der Waals surface area contributed by atoms with E-state index in [9.17, 15) is 4.79 Å². The lowest BCUT2D eigenvalue weighted by Gasteiger charge is -2.27. The van der Waals surface area contributed by atoms with Gasteiger partial charge in [0.2, 0.25) is 0 Å². The first-order valence-corrected chi connectivity index (χ1v) is 8.45. The van der Waals surface area contributed by atoms with Crippen LogP contribution in [0.2, 0.25) is 0 Å². The molecule has 1 N–H and O–H groups in total. The highest BCUT2D eigenvalue weighted by Gasteiger charge is 2.21. The number of ketones is 1. The second-order valence-electron chi connectivity index (χ2n) is 6.14. The van der Waals surface area contributed by atoms with E-state index in [1.165, 1.54) is 38.5 Å². The number of carbonyl (C=O) groups is 1. The summed E-state index contributed by atoms with van der Waals surface area (Å²) >= 11 is 0. The molecule has 0 aromatic heterocycles. The molecule has 112 valence electrons. The molecule has 2 unspecified atom stereocenters. The number of hydrogen-bond donors (Lipinski definition) is 1. The van der Waals surface area contributed by atoms with Crippen molar-refractivity contribution in [1.82, 2.24) is 5.32 Å². The average Bonchev–Trinajstić information content (AvgIpc) is 2.38. The summed E-state index contributed by atoms with van der Waals surface area (Å²) in [7, 11) is 0. The third-order valence-electron chi connectivity index (χ3n) is 4.57. The van der Waals surface area contributed by atoms with E-state index in [1.807, 2.05) is 6.92 Å². The van der Waals surface area contributed by atoms with Crippen molar-refractivity contribution in [2.75, 3.05) is 6.54 Å². The maximum absolute atomic E-state index is 12.1. The predicted molar refractivity (Wildman–Crippen MR) is 84.7 cm³/mol. The van der Waals surface area contributed by atoms with E-state index in [1.54, 1.807) is 0 Å². The molecule has 2 heteroatoms. The van der Waals surface area contributed by atoms with Crippen LogP contribution in [0.25, 0.3) is 0 Å². The number of Topliss-reactive ketones (excluding diaryl/α,β-unsaturated/α-hetero) is 1. The lowest BCUT2D eigenvalue weighted by molar-refractivity contribution is -0.115. The summed E-state index contributed by atoms with van der Waals surface area (Å²) in [6, 6.07) is 0.357. The zero-order valence-electron chi connectivity index (χ0n) is 12.9. The summed E-state index contributed by atoms with van der Waals surface area (Å²) in [4.78, 5) is 12.1. The molecule has 20 heavy (non-hydrogen) atoms. The molecule has 0 amide bonds. The van der Waals surface area contributed by atoms with Crippen LogP contribution >= 0.6 is 0 Å². The molecule has 0 spiro atoms. The molecule has 2 atom stereocenters. The van der Waals surface area contributed by atoms with E-state index in [0.717, 1.165) is 25.0 Å². The standard InChI is InChI=1S/C18H29NO/c1-2-18(20)16-12-8-9-13-19-17(14-16)15-10-6-4-3-5-7-11-15/h6,10,14-15,17,19H,2-5,7-9,11-13H2,1H3. The molecule has 1 heterocycles. The normalized spacial score (nSPS) is 28.8. The molecule has 0 saturated carbocycles. The topological polar surface area (TPSA) is 29.1 Å². The molecule has 0 radical (unpaired) electrons. The van der Waals surface area contributed by atoms with Crippen molar-refractivity contribution >= 4 is 5.78 Å². The van der Waals surface area contributed by atoms with Gasteiger partial charge in [0, 0.05) is 12.5 Å². The van der Waals surface area contributed by atoms with Gasteiger partial charge in [0.1, 0.15) is 0 Å². The second kappa shape index (κ2) is 8.41. The summed E-state index contributed by atoms with van der Waals surface area (Å²) in [5, 5.41) is 3.67. The van der Waals surface area contributed by atoms with Crippen LogP contribution in [-0.4, -0.2) is 18.4 Å². The highest BCUT2D eigenvalue weighted by molar-refractivity contribution is 5.95. The van der Waals surface area contributed by atoms with Crippen molar-refractivity contribution in [3.63, 3.8) is 0 Å². The van der Waals surface area contributed by atoms with E-state index in [-0.39, 0.29) is 0 Å². The Morgan fingerprint density at radius 2 is 2.15 bits per heavy atom. The molecule has 0 aromatic carbocycles. The average molecular weight is 275 g/mol. The van der Waals surface area contributed by atoms with E-state index in [4.69, 9.17) is 0 Å². The fourth-order valence-corrected chi connectivity index (χ4v) is 3.29. The van der Waals surface area contributed by atoms with Gasteiger partial charge in [-0.25, -0.2) is 0 Å². The van der Waals surface area contributed by atoms with Crippen LogP contribution in [0, 0.1) is 5.92 Å². The molecule has 0 aromatic rings. The summed E-state index contributed by atoms with van der Waals surface area (Å²) in [6.45, 7) is 3.05. The van der Waals surface area contributed by atoms with Crippen LogP contribution in [0.1, 0.15) is 64.7 Å². The highest BCUT2D eigenvalue weighted by Crippen LogP contribution is 2.24. The van der Waals surface area contributed by atoms with E-state index >= 15 is 0 Å². The Labute approximate surface area is 123 Å². The van der Waals surface area contributed by atoms with Crippen molar-refractivity contribution in [3.05, 3.63) is 23.8 Å². The highest BCUT2D eigenvalue weighted by atomic mass is 16.1. The SMILES string of the molecule is CCC(=O)C1=CC(C2C=CCCCCC2)NCCCC1. The van der Waals surface area contributed by atoms with Gasteiger partial charge >= 0.3 is 0 Å². The number of carbonyl (C=O) groups excluding carboxylic acids is 1. The first-order valence-electron chi connectivity index (χ1n) is 8.45. The molecule has 2 rings (SSSR count). The van der Waals surface area contributed by atoms with Crippen LogP contribution in [0.5, 0.6) is 0 Å². The minimum Gasteiger partial charge on any atom is -0.310 e. The molecular weight excluding hydrogens is 246 g/mol. The summed E-state index contributed by atoms with van der Waals surface area (Å²) in [6.07, 6.45) is 17.4. The smallest absolute Gasteiger partial charge is 0.158 e. The van der Waals surface area contributed by atoms with Gasteiger partial charge in [-0.15, -0.1) is 0 Å². The monoisotopic (exact) mass is 275 g/mol. The van der Waals surface area contributed by atoms with Gasteiger partial charge in [0.25, 0.3) is 0 Å². The van der Waals surface area contributed by atoms with Crippen LogP contribution in [0.15, 0.2) is 23.8 Å². The minimum absolute atomic E-state index is 0.341. The van der Waals surface area contributed by atoms with Gasteiger partial charge in [-0.2, -0.15) is 0 Å². The van der Waals surface area contributed by atoms with Crippen molar-refractivity contribution in [3.8, 4) is 0 Å². The van der Waals surface area contributed by atoms with Crippen LogP contribution < -0.4 is 5.32 Å². The predicted octanol–water partition coefficient (Wildman–Crippen LogP) is 4.17. The quantitative estimate of drug-likeness (QED) is 0.783. The Balaban J connectivity index is 2.13. The Kier molecular flexibility index (Phi) is 6.52. The Hall–Kier alpha value is -0.890. The van der Waals surface area contributed by atoms with Crippen LogP contribution in [0.3, 0.4) is 0 Å². The molecular formula is C18H29NO. The van der Waals surface area contributed by atoms with E-state index in [0.29, 0.717) is 24.2 Å². The van der Waals surface area contributed by atoms with Gasteiger partial charge in [0.15, 0.2) is 5.78 Å². The fourth-order valence-electron chi connectivity index (χ4n) is 3.29. The zero-order chi connectivity index (χ0) is 14.2. The maximum atomic E-state index is 12.1. The number of rotatable bonds is 3. The van der Waals surface area contributed by atoms with Crippen molar-refractivity contribution in [2.24, 2.45) is 5.92 Å². The number of allylic oxidation sites excluding steroid dienone is 2. The molecule has 0 fully saturated rings. The van der Waals surface area contributed by atoms with Crippen LogP contribution in [0.4, 0.5) is 0 Å². The largest absolute Gasteiger partial charge is 0.310 e. The lowest BCUT2D eigenvalue weighted by atomic mass is 9.87. The van der Waals surface area contributed by atoms with Gasteiger partial charge < -0.3 is 5.32 Å². The fraction of sp³-hybridized carbons (Fsp3) is 0.722. The minimum atomic E-state index is 0.341. The van der Waals surface area contributed by atoms with Crippen molar-refractivity contribution in [1.29, 1.82) is 0 Å². The Morgan fingerprint density at radius 1 is 1.25 bits per heavy atom. The maximum Gasteiger partial charge on any atom is 0.158 e. The van der Waals surface area contributed by atoms with Crippen LogP contribution in [-0.2, 0) is 4.79 Å². The van der Waals surface area contributed by atoms with E-state index in [2.05, 4.69) is 23.5 Å². The van der Waals surface area contributed by atoms with Crippen molar-refractivity contribution in [2.45, 2.75) is 70.8 Å². The first kappa shape index (κ1) is 15.5. The second-order valence-corrected chi connectivity index (χ2v) is 6.14. The first-order chi connectivity index (χ1) is 9.81. The third kappa shape index (κ3) is 4.59. The molecule has 2 aliphatic rings. The summed E-state index contributed by atoms with van der Waals surface area (Å²) in [5.41, 5.74) is 1.07. The lowest BCUT2D eigenvalue weighted by Crippen LogP contribution is -2.36. The molecule has 0 saturated heterocycles. The number of nitrogens with one attached hydrogen (secondary N) is 1. The Morgan fingerprint density at radius 3 is 3.00 bits per heavy atom. The van der Waals surface area contributed by atoms with Gasteiger partial charge in [-0.1, -0.05) is 38.0 Å². The summed E-state index contributed by atoms with van der Waals surface area (Å²) < 4.78 is 0. The van der Waals surface area contributed by atoms with E-state index < -0.39 is 0 Å². The molecule has 1 aliphatic heterocycles. The number of hydrogen-bond acceptors (Lipinski definition) is 2. The van der Waals surface area contributed by atoms with Gasteiger partial charge in [-0.05, 0) is 56.6 Å². The summed E-state index contributed by atoms with van der Waals surface area (Å²) in [5.74, 6) is 0.904. The van der Waals surface area contributed by atoms with Crippen molar-refractivity contribution < 1.29 is 4.79 Å². The van der Waals surface area contributed by atoms with Gasteiger partial charge in [0.05, 0.1) is 0 Å². The zero-order valence-corrected chi connectivity index (χ0v) is 12.9. The molecule has 2 nitrogen and oxygen atoms in total. The van der Waals surface area contributed by atoms with Gasteiger partial charge in [-0.3, -0.25) is 4.79 Å². The third-order valence-corrected chi connectivity index (χ3v) is 4.57.